The number of hydrogen-bond acceptors (Lipinski definition) is 3. The number of carbonyl (C=O) groups is 1. The van der Waals surface area contributed by atoms with Gasteiger partial charge in [-0.3, -0.25) is 4.79 Å². The zero-order chi connectivity index (χ0) is 18.5. The Balaban J connectivity index is 1.52. The minimum absolute atomic E-state index is 0.170. The summed E-state index contributed by atoms with van der Waals surface area (Å²) in [5.74, 6) is 0.954. The molecule has 138 valence electrons. The van der Waals surface area contributed by atoms with Crippen molar-refractivity contribution in [1.29, 1.82) is 0 Å². The standard InChI is InChI=1S/C21H25FN2O2/c1-16(17-3-9-20(26-2)10-4-17)15-21(25)24-13-11-23(12-14-24)19-7-5-18(22)6-8-19/h3-10,16H,11-15H2,1-2H3. The quantitative estimate of drug-likeness (QED) is 0.819. The first kappa shape index (κ1) is 18.2. The molecule has 1 aliphatic heterocycles. The largest absolute Gasteiger partial charge is 0.497 e. The van der Waals surface area contributed by atoms with Gasteiger partial charge in [-0.2, -0.15) is 0 Å². The molecule has 1 aliphatic rings. The first-order valence-electron chi connectivity index (χ1n) is 8.99. The molecule has 5 heteroatoms. The van der Waals surface area contributed by atoms with Crippen molar-refractivity contribution < 1.29 is 13.9 Å². The molecule has 0 aromatic heterocycles. The third kappa shape index (κ3) is 4.34. The maximum Gasteiger partial charge on any atom is 0.223 e. The second kappa shape index (κ2) is 8.21. The molecule has 26 heavy (non-hydrogen) atoms. The summed E-state index contributed by atoms with van der Waals surface area (Å²) in [6.07, 6.45) is 0.503. The highest BCUT2D eigenvalue weighted by atomic mass is 19.1. The number of rotatable bonds is 5. The Morgan fingerprint density at radius 3 is 2.23 bits per heavy atom. The Morgan fingerprint density at radius 1 is 1.04 bits per heavy atom. The van der Waals surface area contributed by atoms with Gasteiger partial charge in [0.15, 0.2) is 0 Å². The van der Waals surface area contributed by atoms with Crippen molar-refractivity contribution in [3.8, 4) is 5.75 Å². The number of carbonyl (C=O) groups excluding carboxylic acids is 1. The van der Waals surface area contributed by atoms with Crippen LogP contribution in [0.5, 0.6) is 5.75 Å². The fraction of sp³-hybridized carbons (Fsp3) is 0.381. The SMILES string of the molecule is COc1ccc(C(C)CC(=O)N2CCN(c3ccc(F)cc3)CC2)cc1. The molecule has 4 nitrogen and oxygen atoms in total. The van der Waals surface area contributed by atoms with Crippen LogP contribution >= 0.6 is 0 Å². The van der Waals surface area contributed by atoms with Gasteiger partial charge >= 0.3 is 0 Å². The molecule has 0 aliphatic carbocycles. The molecule has 1 amide bonds. The number of amides is 1. The monoisotopic (exact) mass is 356 g/mol. The second-order valence-electron chi connectivity index (χ2n) is 6.72. The van der Waals surface area contributed by atoms with Gasteiger partial charge in [0.2, 0.25) is 5.91 Å². The summed E-state index contributed by atoms with van der Waals surface area (Å²) in [6, 6.07) is 14.4. The molecule has 0 saturated carbocycles. The van der Waals surface area contributed by atoms with Crippen LogP contribution in [-0.2, 0) is 4.79 Å². The third-order valence-corrected chi connectivity index (χ3v) is 4.99. The van der Waals surface area contributed by atoms with Crippen LogP contribution in [0, 0.1) is 5.82 Å². The Kier molecular flexibility index (Phi) is 5.76. The van der Waals surface area contributed by atoms with Crippen LogP contribution in [-0.4, -0.2) is 44.1 Å². The first-order chi connectivity index (χ1) is 12.6. The van der Waals surface area contributed by atoms with Gasteiger partial charge in [-0.1, -0.05) is 19.1 Å². The van der Waals surface area contributed by atoms with E-state index < -0.39 is 0 Å². The first-order valence-corrected chi connectivity index (χ1v) is 8.99. The number of methoxy groups -OCH3 is 1. The fourth-order valence-corrected chi connectivity index (χ4v) is 3.31. The number of halogens is 1. The van der Waals surface area contributed by atoms with Crippen LogP contribution in [0.25, 0.3) is 0 Å². The van der Waals surface area contributed by atoms with Gasteiger partial charge in [-0.15, -0.1) is 0 Å². The predicted octanol–water partition coefficient (Wildman–Crippen LogP) is 3.68. The Bertz CT molecular complexity index is 723. The maximum atomic E-state index is 13.0. The molecule has 0 N–H and O–H groups in total. The lowest BCUT2D eigenvalue weighted by atomic mass is 9.97. The van der Waals surface area contributed by atoms with Crippen molar-refractivity contribution in [1.82, 2.24) is 4.90 Å². The number of ether oxygens (including phenoxy) is 1. The zero-order valence-corrected chi connectivity index (χ0v) is 15.3. The van der Waals surface area contributed by atoms with Crippen LogP contribution in [0.4, 0.5) is 10.1 Å². The average molecular weight is 356 g/mol. The summed E-state index contributed by atoms with van der Waals surface area (Å²) in [4.78, 5) is 16.7. The van der Waals surface area contributed by atoms with E-state index in [1.165, 1.54) is 12.1 Å². The van der Waals surface area contributed by atoms with Crippen molar-refractivity contribution in [2.24, 2.45) is 0 Å². The van der Waals surface area contributed by atoms with Crippen LogP contribution in [0.2, 0.25) is 0 Å². The van der Waals surface area contributed by atoms with Crippen LogP contribution < -0.4 is 9.64 Å². The molecule has 0 bridgehead atoms. The van der Waals surface area contributed by atoms with Gasteiger partial charge in [0, 0.05) is 38.3 Å². The zero-order valence-electron chi connectivity index (χ0n) is 15.3. The van der Waals surface area contributed by atoms with Crippen LogP contribution in [0.15, 0.2) is 48.5 Å². The summed E-state index contributed by atoms with van der Waals surface area (Å²) >= 11 is 0. The van der Waals surface area contributed by atoms with E-state index in [2.05, 4.69) is 11.8 Å². The van der Waals surface area contributed by atoms with Gasteiger partial charge in [-0.25, -0.2) is 4.39 Å². The molecule has 1 fully saturated rings. The molecule has 1 unspecified atom stereocenters. The van der Waals surface area contributed by atoms with Crippen LogP contribution in [0.3, 0.4) is 0 Å². The van der Waals surface area contributed by atoms with Crippen molar-refractivity contribution in [2.45, 2.75) is 19.3 Å². The smallest absolute Gasteiger partial charge is 0.223 e. The molecule has 1 saturated heterocycles. The molecule has 2 aromatic carbocycles. The van der Waals surface area contributed by atoms with Gasteiger partial charge in [0.1, 0.15) is 11.6 Å². The van der Waals surface area contributed by atoms with E-state index in [9.17, 15) is 9.18 Å². The number of nitrogens with zero attached hydrogens (tertiary/aromatic N) is 2. The molecule has 1 atom stereocenters. The average Bonchev–Trinajstić information content (AvgIpc) is 2.68. The highest BCUT2D eigenvalue weighted by Gasteiger charge is 2.23. The van der Waals surface area contributed by atoms with E-state index in [4.69, 9.17) is 4.74 Å². The lowest BCUT2D eigenvalue weighted by molar-refractivity contribution is -0.131. The van der Waals surface area contributed by atoms with Crippen LogP contribution in [0.1, 0.15) is 24.8 Å². The molecule has 0 radical (unpaired) electrons. The van der Waals surface area contributed by atoms with Gasteiger partial charge < -0.3 is 14.5 Å². The van der Waals surface area contributed by atoms with Crippen molar-refractivity contribution in [2.75, 3.05) is 38.2 Å². The van der Waals surface area contributed by atoms with E-state index in [1.807, 2.05) is 29.2 Å². The number of benzene rings is 2. The molecular formula is C21H25FN2O2. The fourth-order valence-electron chi connectivity index (χ4n) is 3.31. The Hall–Kier alpha value is -2.56. The summed E-state index contributed by atoms with van der Waals surface area (Å²) < 4.78 is 18.2. The van der Waals surface area contributed by atoms with E-state index in [-0.39, 0.29) is 17.6 Å². The van der Waals surface area contributed by atoms with E-state index >= 15 is 0 Å². The number of piperazine rings is 1. The van der Waals surface area contributed by atoms with Gasteiger partial charge in [-0.05, 0) is 47.9 Å². The van der Waals surface area contributed by atoms with E-state index in [1.54, 1.807) is 19.2 Å². The Morgan fingerprint density at radius 2 is 1.65 bits per heavy atom. The van der Waals surface area contributed by atoms with Crippen molar-refractivity contribution in [3.05, 3.63) is 59.9 Å². The molecule has 0 spiro atoms. The molecular weight excluding hydrogens is 331 g/mol. The van der Waals surface area contributed by atoms with Gasteiger partial charge in [0.25, 0.3) is 0 Å². The van der Waals surface area contributed by atoms with E-state index in [0.717, 1.165) is 30.1 Å². The number of hydrogen-bond donors (Lipinski definition) is 0. The molecule has 3 rings (SSSR count). The minimum Gasteiger partial charge on any atom is -0.497 e. The van der Waals surface area contributed by atoms with Crippen molar-refractivity contribution >= 4 is 11.6 Å². The summed E-state index contributed by atoms with van der Waals surface area (Å²) in [7, 11) is 1.65. The van der Waals surface area contributed by atoms with Crippen molar-refractivity contribution in [3.63, 3.8) is 0 Å². The van der Waals surface area contributed by atoms with E-state index in [0.29, 0.717) is 19.5 Å². The lowest BCUT2D eigenvalue weighted by Gasteiger charge is -2.36. The normalized spacial score (nSPS) is 15.7. The highest BCUT2D eigenvalue weighted by Crippen LogP contribution is 2.23. The second-order valence-corrected chi connectivity index (χ2v) is 6.72. The molecule has 1 heterocycles. The third-order valence-electron chi connectivity index (χ3n) is 4.99. The highest BCUT2D eigenvalue weighted by molar-refractivity contribution is 5.77. The molecule has 2 aromatic rings. The Labute approximate surface area is 154 Å². The summed E-state index contributed by atoms with van der Waals surface area (Å²) in [6.45, 7) is 5.02. The van der Waals surface area contributed by atoms with Gasteiger partial charge in [0.05, 0.1) is 7.11 Å². The number of anilines is 1. The maximum absolute atomic E-state index is 13.0. The minimum atomic E-state index is -0.227. The summed E-state index contributed by atoms with van der Waals surface area (Å²) in [5, 5.41) is 0. The summed E-state index contributed by atoms with van der Waals surface area (Å²) in [5.41, 5.74) is 2.15. The topological polar surface area (TPSA) is 32.8 Å². The predicted molar refractivity (Wildman–Crippen MR) is 101 cm³/mol. The lowest BCUT2D eigenvalue weighted by Crippen LogP contribution is -2.49.